The van der Waals surface area contributed by atoms with Crippen molar-refractivity contribution >= 4 is 23.5 Å². The molecule has 0 saturated carbocycles. The van der Waals surface area contributed by atoms with Crippen molar-refractivity contribution < 1.29 is 24.2 Å². The number of carbonyl (C=O) groups is 2. The molecular weight excluding hydrogens is 370 g/mol. The molecule has 0 fully saturated rings. The summed E-state index contributed by atoms with van der Waals surface area (Å²) < 4.78 is 10.9. The molecule has 0 bridgehead atoms. The van der Waals surface area contributed by atoms with E-state index in [0.717, 1.165) is 5.56 Å². The Morgan fingerprint density at radius 3 is 2.41 bits per heavy atom. The first-order chi connectivity index (χ1) is 12.9. The van der Waals surface area contributed by atoms with E-state index < -0.39 is 18.7 Å². The lowest BCUT2D eigenvalue weighted by atomic mass is 10.2. The van der Waals surface area contributed by atoms with Gasteiger partial charge in [0.15, 0.2) is 12.7 Å². The van der Waals surface area contributed by atoms with E-state index in [-0.39, 0.29) is 5.91 Å². The van der Waals surface area contributed by atoms with Crippen LogP contribution in [0.4, 0.5) is 0 Å². The number of benzene rings is 2. The predicted molar refractivity (Wildman–Crippen MR) is 102 cm³/mol. The smallest absolute Gasteiger partial charge is 0.341 e. The Balaban J connectivity index is 1.96. The minimum Gasteiger partial charge on any atom is -0.482 e. The predicted octanol–water partition coefficient (Wildman–Crippen LogP) is 3.62. The van der Waals surface area contributed by atoms with Gasteiger partial charge in [-0.05, 0) is 36.2 Å². The lowest BCUT2D eigenvalue weighted by Gasteiger charge is -2.24. The minimum absolute atomic E-state index is 0.149. The summed E-state index contributed by atoms with van der Waals surface area (Å²) in [4.78, 5) is 24.8. The van der Waals surface area contributed by atoms with Gasteiger partial charge in [0.1, 0.15) is 11.5 Å². The molecule has 0 saturated heterocycles. The summed E-state index contributed by atoms with van der Waals surface area (Å²) in [5, 5.41) is 9.08. The molecule has 0 aliphatic carbocycles. The average molecular weight is 392 g/mol. The van der Waals surface area contributed by atoms with Crippen LogP contribution >= 0.6 is 11.6 Å². The van der Waals surface area contributed by atoms with Crippen molar-refractivity contribution in [3.05, 3.63) is 59.1 Å². The summed E-state index contributed by atoms with van der Waals surface area (Å²) >= 11 is 6.10. The van der Waals surface area contributed by atoms with Crippen LogP contribution in [-0.4, -0.2) is 41.6 Å². The van der Waals surface area contributed by atoms with Crippen molar-refractivity contribution in [2.75, 3.05) is 13.7 Å². The molecule has 0 spiro atoms. The number of hydrogen-bond acceptors (Lipinski definition) is 4. The molecule has 0 aliphatic rings. The maximum Gasteiger partial charge on any atom is 0.341 e. The van der Waals surface area contributed by atoms with Gasteiger partial charge in [-0.15, -0.1) is 0 Å². The summed E-state index contributed by atoms with van der Waals surface area (Å²) in [5.74, 6) is -0.242. The molecule has 2 aromatic carbocycles. The number of nitrogens with zero attached hydrogens (tertiary/aromatic N) is 1. The van der Waals surface area contributed by atoms with Crippen LogP contribution < -0.4 is 9.47 Å². The maximum atomic E-state index is 12.7. The van der Waals surface area contributed by atoms with Crippen molar-refractivity contribution in [2.45, 2.75) is 26.0 Å². The number of amides is 1. The van der Waals surface area contributed by atoms with Crippen LogP contribution in [0.25, 0.3) is 0 Å². The van der Waals surface area contributed by atoms with Crippen LogP contribution in [0.1, 0.15) is 18.9 Å². The standard InChI is InChI=1S/C20H22ClNO5/c1-3-17(27-18-7-5-4-6-16(18)21)20(25)22(2)12-14-8-10-15(11-9-14)26-13-19(23)24/h4-11,17H,3,12-13H2,1-2H3,(H,23,24). The Kier molecular flexibility index (Phi) is 7.49. The van der Waals surface area contributed by atoms with Gasteiger partial charge in [-0.25, -0.2) is 4.79 Å². The third-order valence-electron chi connectivity index (χ3n) is 3.83. The normalized spacial score (nSPS) is 11.5. The number of likely N-dealkylation sites (N-methyl/N-ethyl adjacent to an activating group) is 1. The SMILES string of the molecule is CCC(Oc1ccccc1Cl)C(=O)N(C)Cc1ccc(OCC(=O)O)cc1. The molecule has 1 atom stereocenters. The first-order valence-corrected chi connectivity index (χ1v) is 8.88. The highest BCUT2D eigenvalue weighted by Crippen LogP contribution is 2.25. The number of para-hydroxylation sites is 1. The zero-order valence-electron chi connectivity index (χ0n) is 15.2. The number of carboxylic acid groups (broad SMARTS) is 1. The maximum absolute atomic E-state index is 12.7. The summed E-state index contributed by atoms with van der Waals surface area (Å²) in [7, 11) is 1.70. The molecule has 0 aromatic heterocycles. The van der Waals surface area contributed by atoms with Gasteiger partial charge in [0.25, 0.3) is 5.91 Å². The Morgan fingerprint density at radius 2 is 1.81 bits per heavy atom. The van der Waals surface area contributed by atoms with Crippen molar-refractivity contribution in [2.24, 2.45) is 0 Å². The van der Waals surface area contributed by atoms with Crippen LogP contribution in [-0.2, 0) is 16.1 Å². The Hall–Kier alpha value is -2.73. The molecule has 144 valence electrons. The van der Waals surface area contributed by atoms with E-state index in [2.05, 4.69) is 0 Å². The van der Waals surface area contributed by atoms with Crippen molar-refractivity contribution in [1.82, 2.24) is 4.90 Å². The van der Waals surface area contributed by atoms with Crippen LogP contribution in [0, 0.1) is 0 Å². The third kappa shape index (κ3) is 6.18. The van der Waals surface area contributed by atoms with Gasteiger partial charge >= 0.3 is 5.97 Å². The second-order valence-corrected chi connectivity index (χ2v) is 6.37. The highest BCUT2D eigenvalue weighted by atomic mass is 35.5. The highest BCUT2D eigenvalue weighted by molar-refractivity contribution is 6.32. The van der Waals surface area contributed by atoms with E-state index >= 15 is 0 Å². The summed E-state index contributed by atoms with van der Waals surface area (Å²) in [6, 6.07) is 14.0. The molecule has 2 aromatic rings. The number of carbonyl (C=O) groups excluding carboxylic acids is 1. The van der Waals surface area contributed by atoms with Crippen molar-refractivity contribution in [3.8, 4) is 11.5 Å². The molecule has 2 rings (SSSR count). The van der Waals surface area contributed by atoms with E-state index in [4.69, 9.17) is 26.2 Å². The first kappa shape index (κ1) is 20.6. The second-order valence-electron chi connectivity index (χ2n) is 5.97. The lowest BCUT2D eigenvalue weighted by Crippen LogP contribution is -2.39. The van der Waals surface area contributed by atoms with E-state index in [1.165, 1.54) is 0 Å². The van der Waals surface area contributed by atoms with Crippen molar-refractivity contribution in [3.63, 3.8) is 0 Å². The molecule has 6 nitrogen and oxygen atoms in total. The molecule has 1 amide bonds. The van der Waals surface area contributed by atoms with Gasteiger partial charge in [0, 0.05) is 13.6 Å². The van der Waals surface area contributed by atoms with Crippen LogP contribution in [0.3, 0.4) is 0 Å². The minimum atomic E-state index is -1.03. The van der Waals surface area contributed by atoms with Crippen molar-refractivity contribution in [1.29, 1.82) is 0 Å². The topological polar surface area (TPSA) is 76.1 Å². The monoisotopic (exact) mass is 391 g/mol. The largest absolute Gasteiger partial charge is 0.482 e. The van der Waals surface area contributed by atoms with Crippen LogP contribution in [0.2, 0.25) is 5.02 Å². The van der Waals surface area contributed by atoms with Gasteiger partial charge in [0.05, 0.1) is 5.02 Å². The molecule has 0 heterocycles. The van der Waals surface area contributed by atoms with Gasteiger partial charge in [0.2, 0.25) is 0 Å². The van der Waals surface area contributed by atoms with Gasteiger partial charge in [-0.3, -0.25) is 4.79 Å². The molecule has 0 radical (unpaired) electrons. The number of halogens is 1. The van der Waals surface area contributed by atoms with Gasteiger partial charge in [-0.2, -0.15) is 0 Å². The quantitative estimate of drug-likeness (QED) is 0.706. The van der Waals surface area contributed by atoms with Crippen LogP contribution in [0.15, 0.2) is 48.5 Å². The fraction of sp³-hybridized carbons (Fsp3) is 0.300. The number of hydrogen-bond donors (Lipinski definition) is 1. The third-order valence-corrected chi connectivity index (χ3v) is 4.15. The molecule has 1 unspecified atom stereocenters. The van der Waals surface area contributed by atoms with E-state index in [1.807, 2.05) is 6.92 Å². The zero-order chi connectivity index (χ0) is 19.8. The van der Waals surface area contributed by atoms with Gasteiger partial charge < -0.3 is 19.5 Å². The fourth-order valence-corrected chi connectivity index (χ4v) is 2.62. The number of ether oxygens (including phenoxy) is 2. The molecule has 7 heteroatoms. The lowest BCUT2D eigenvalue weighted by molar-refractivity contribution is -0.139. The molecule has 27 heavy (non-hydrogen) atoms. The Labute approximate surface area is 163 Å². The highest BCUT2D eigenvalue weighted by Gasteiger charge is 2.23. The fourth-order valence-electron chi connectivity index (χ4n) is 2.44. The summed E-state index contributed by atoms with van der Waals surface area (Å²) in [5.41, 5.74) is 0.890. The van der Waals surface area contributed by atoms with E-state index in [0.29, 0.717) is 29.5 Å². The van der Waals surface area contributed by atoms with Gasteiger partial charge in [-0.1, -0.05) is 42.8 Å². The van der Waals surface area contributed by atoms with E-state index in [9.17, 15) is 9.59 Å². The Morgan fingerprint density at radius 1 is 1.15 bits per heavy atom. The molecule has 0 aliphatic heterocycles. The van der Waals surface area contributed by atoms with E-state index in [1.54, 1.807) is 60.5 Å². The molecular formula is C20H22ClNO5. The Bertz CT molecular complexity index is 778. The first-order valence-electron chi connectivity index (χ1n) is 8.50. The number of aliphatic carboxylic acids is 1. The summed E-state index contributed by atoms with van der Waals surface area (Å²) in [6.07, 6.45) is -0.121. The second kappa shape index (κ2) is 9.83. The number of carboxylic acids is 1. The summed E-state index contributed by atoms with van der Waals surface area (Å²) in [6.45, 7) is 1.87. The number of rotatable bonds is 9. The van der Waals surface area contributed by atoms with Crippen LogP contribution in [0.5, 0.6) is 11.5 Å². The average Bonchev–Trinajstić information content (AvgIpc) is 2.66. The zero-order valence-corrected chi connectivity index (χ0v) is 16.0. The molecule has 1 N–H and O–H groups in total.